The van der Waals surface area contributed by atoms with Gasteiger partial charge in [0.15, 0.2) is 0 Å². The Bertz CT molecular complexity index is 636. The van der Waals surface area contributed by atoms with Crippen molar-refractivity contribution in [2.45, 2.75) is 6.54 Å². The first-order valence-electron chi connectivity index (χ1n) is 6.28. The van der Waals surface area contributed by atoms with Gasteiger partial charge in [-0.1, -0.05) is 12.1 Å². The minimum absolute atomic E-state index is 0.853. The molecule has 2 aromatic heterocycles. The van der Waals surface area contributed by atoms with Gasteiger partial charge in [-0.15, -0.1) is 0 Å². The largest absolute Gasteiger partial charge is 0.497 e. The summed E-state index contributed by atoms with van der Waals surface area (Å²) in [7, 11) is 1.68. The number of aromatic amines is 1. The molecule has 0 bridgehead atoms. The second kappa shape index (κ2) is 5.06. The fraction of sp³-hybridized carbons (Fsp3) is 0.125. The van der Waals surface area contributed by atoms with Crippen LogP contribution in [0.5, 0.6) is 5.75 Å². The molecule has 96 valence electrons. The topological polar surface area (TPSA) is 29.9 Å². The second-order valence-electron chi connectivity index (χ2n) is 4.45. The Labute approximate surface area is 112 Å². The number of hydrogen-bond acceptors (Lipinski definition) is 1. The summed E-state index contributed by atoms with van der Waals surface area (Å²) in [4.78, 5) is 3.24. The third kappa shape index (κ3) is 2.40. The monoisotopic (exact) mass is 252 g/mol. The van der Waals surface area contributed by atoms with Crippen LogP contribution in [0.4, 0.5) is 0 Å². The van der Waals surface area contributed by atoms with E-state index in [1.54, 1.807) is 7.11 Å². The summed E-state index contributed by atoms with van der Waals surface area (Å²) in [5.41, 5.74) is 3.59. The number of nitrogens with one attached hydrogen (secondary N) is 1. The third-order valence-corrected chi connectivity index (χ3v) is 3.22. The molecule has 0 aliphatic carbocycles. The number of H-pyrrole nitrogens is 1. The summed E-state index contributed by atoms with van der Waals surface area (Å²) in [6.45, 7) is 0.853. The summed E-state index contributed by atoms with van der Waals surface area (Å²) < 4.78 is 7.41. The van der Waals surface area contributed by atoms with E-state index in [9.17, 15) is 0 Å². The lowest BCUT2D eigenvalue weighted by Crippen LogP contribution is -2.00. The first-order valence-corrected chi connectivity index (χ1v) is 6.28. The lowest BCUT2D eigenvalue weighted by Gasteiger charge is -2.09. The molecule has 0 atom stereocenters. The van der Waals surface area contributed by atoms with E-state index >= 15 is 0 Å². The Morgan fingerprint density at radius 2 is 1.89 bits per heavy atom. The summed E-state index contributed by atoms with van der Waals surface area (Å²) >= 11 is 0. The van der Waals surface area contributed by atoms with Crippen molar-refractivity contribution in [2.24, 2.45) is 0 Å². The molecule has 0 saturated heterocycles. The molecule has 19 heavy (non-hydrogen) atoms. The maximum Gasteiger partial charge on any atom is 0.118 e. The summed E-state index contributed by atoms with van der Waals surface area (Å²) in [5.74, 6) is 0.890. The average molecular weight is 252 g/mol. The van der Waals surface area contributed by atoms with Crippen LogP contribution in [0.15, 0.2) is 60.9 Å². The zero-order valence-electron chi connectivity index (χ0n) is 10.8. The van der Waals surface area contributed by atoms with Gasteiger partial charge in [0.2, 0.25) is 0 Å². The molecule has 0 aliphatic heterocycles. The molecule has 0 unspecified atom stereocenters. The molecule has 3 nitrogen and oxygen atoms in total. The average Bonchev–Trinajstić information content (AvgIpc) is 3.10. The zero-order chi connectivity index (χ0) is 13.1. The Hall–Kier alpha value is -2.42. The van der Waals surface area contributed by atoms with Crippen molar-refractivity contribution in [3.63, 3.8) is 0 Å². The Morgan fingerprint density at radius 1 is 1.05 bits per heavy atom. The molecular formula is C16H16N2O. The lowest BCUT2D eigenvalue weighted by molar-refractivity contribution is 0.414. The molecule has 1 aromatic carbocycles. The number of hydrogen-bond donors (Lipinski definition) is 1. The van der Waals surface area contributed by atoms with Crippen molar-refractivity contribution in [2.75, 3.05) is 7.11 Å². The summed E-state index contributed by atoms with van der Waals surface area (Å²) in [6.07, 6.45) is 4.04. The minimum atomic E-state index is 0.853. The number of rotatable bonds is 4. The molecule has 0 aliphatic rings. The van der Waals surface area contributed by atoms with Crippen LogP contribution in [0.25, 0.3) is 11.4 Å². The first kappa shape index (κ1) is 11.7. The van der Waals surface area contributed by atoms with E-state index in [1.165, 1.54) is 11.3 Å². The van der Waals surface area contributed by atoms with Crippen molar-refractivity contribution in [3.8, 4) is 17.1 Å². The highest BCUT2D eigenvalue weighted by Crippen LogP contribution is 2.20. The third-order valence-electron chi connectivity index (χ3n) is 3.22. The van der Waals surface area contributed by atoms with Gasteiger partial charge < -0.3 is 14.3 Å². The lowest BCUT2D eigenvalue weighted by atomic mass is 10.2. The highest BCUT2D eigenvalue weighted by Gasteiger charge is 2.05. The van der Waals surface area contributed by atoms with Gasteiger partial charge in [0.1, 0.15) is 5.75 Å². The van der Waals surface area contributed by atoms with Crippen molar-refractivity contribution in [3.05, 3.63) is 66.5 Å². The zero-order valence-corrected chi connectivity index (χ0v) is 10.8. The minimum Gasteiger partial charge on any atom is -0.497 e. The molecular weight excluding hydrogens is 236 g/mol. The van der Waals surface area contributed by atoms with Crippen LogP contribution in [0, 0.1) is 0 Å². The predicted molar refractivity (Wildman–Crippen MR) is 76.3 cm³/mol. The van der Waals surface area contributed by atoms with Crippen LogP contribution in [0.3, 0.4) is 0 Å². The molecule has 0 fully saturated rings. The molecule has 3 heteroatoms. The van der Waals surface area contributed by atoms with Gasteiger partial charge in [-0.25, -0.2) is 0 Å². The fourth-order valence-corrected chi connectivity index (χ4v) is 2.21. The Kier molecular flexibility index (Phi) is 3.11. The molecule has 1 N–H and O–H groups in total. The van der Waals surface area contributed by atoms with Crippen molar-refractivity contribution in [1.82, 2.24) is 9.55 Å². The highest BCUT2D eigenvalue weighted by atomic mass is 16.5. The molecule has 0 amide bonds. The molecule has 3 aromatic rings. The van der Waals surface area contributed by atoms with Crippen molar-refractivity contribution < 1.29 is 4.74 Å². The van der Waals surface area contributed by atoms with E-state index < -0.39 is 0 Å². The number of ether oxygens (including phenoxy) is 1. The standard InChI is InChI=1S/C16H16N2O/c1-19-14-8-6-13(7-9-14)12-18-11-3-5-16(18)15-4-2-10-17-15/h2-11,17H,12H2,1H3. The van der Waals surface area contributed by atoms with E-state index in [-0.39, 0.29) is 0 Å². The van der Waals surface area contributed by atoms with Gasteiger partial charge >= 0.3 is 0 Å². The van der Waals surface area contributed by atoms with Gasteiger partial charge in [0.25, 0.3) is 0 Å². The van der Waals surface area contributed by atoms with Crippen LogP contribution in [-0.2, 0) is 6.54 Å². The van der Waals surface area contributed by atoms with E-state index in [0.717, 1.165) is 18.0 Å². The molecule has 0 saturated carbocycles. The van der Waals surface area contributed by atoms with Crippen molar-refractivity contribution in [1.29, 1.82) is 0 Å². The molecule has 2 heterocycles. The van der Waals surface area contributed by atoms with E-state index in [1.807, 2.05) is 24.4 Å². The smallest absolute Gasteiger partial charge is 0.118 e. The van der Waals surface area contributed by atoms with Gasteiger partial charge in [-0.3, -0.25) is 0 Å². The van der Waals surface area contributed by atoms with Crippen molar-refractivity contribution >= 4 is 0 Å². The Balaban J connectivity index is 1.85. The SMILES string of the molecule is COc1ccc(Cn2cccc2-c2ccc[nH]2)cc1. The maximum atomic E-state index is 5.18. The Morgan fingerprint density at radius 3 is 2.58 bits per heavy atom. The second-order valence-corrected chi connectivity index (χ2v) is 4.45. The predicted octanol–water partition coefficient (Wildman–Crippen LogP) is 3.54. The number of benzene rings is 1. The summed E-state index contributed by atoms with van der Waals surface area (Å²) in [6, 6.07) is 16.5. The quantitative estimate of drug-likeness (QED) is 0.756. The van der Waals surface area contributed by atoms with Gasteiger partial charge in [-0.05, 0) is 42.0 Å². The van der Waals surface area contributed by atoms with Crippen LogP contribution >= 0.6 is 0 Å². The van der Waals surface area contributed by atoms with Gasteiger partial charge in [-0.2, -0.15) is 0 Å². The van der Waals surface area contributed by atoms with Crippen LogP contribution in [0.1, 0.15) is 5.56 Å². The maximum absolute atomic E-state index is 5.18. The summed E-state index contributed by atoms with van der Waals surface area (Å²) in [5, 5.41) is 0. The van der Waals surface area contributed by atoms with E-state index in [0.29, 0.717) is 0 Å². The number of aromatic nitrogens is 2. The van der Waals surface area contributed by atoms with Crippen LogP contribution in [-0.4, -0.2) is 16.7 Å². The molecule has 0 radical (unpaired) electrons. The van der Waals surface area contributed by atoms with Crippen LogP contribution < -0.4 is 4.74 Å². The number of nitrogens with zero attached hydrogens (tertiary/aromatic N) is 1. The van der Waals surface area contributed by atoms with Gasteiger partial charge in [0, 0.05) is 18.9 Å². The first-order chi connectivity index (χ1) is 9.36. The van der Waals surface area contributed by atoms with E-state index in [4.69, 9.17) is 4.74 Å². The van der Waals surface area contributed by atoms with E-state index in [2.05, 4.69) is 46.1 Å². The molecule has 0 spiro atoms. The highest BCUT2D eigenvalue weighted by molar-refractivity contribution is 5.55. The normalized spacial score (nSPS) is 10.6. The number of methoxy groups -OCH3 is 1. The molecule has 3 rings (SSSR count). The fourth-order valence-electron chi connectivity index (χ4n) is 2.21. The van der Waals surface area contributed by atoms with Crippen LogP contribution in [0.2, 0.25) is 0 Å². The van der Waals surface area contributed by atoms with Gasteiger partial charge in [0.05, 0.1) is 18.5 Å².